The fourth-order valence-corrected chi connectivity index (χ4v) is 4.16. The molecule has 1 aromatic heterocycles. The van der Waals surface area contributed by atoms with Gasteiger partial charge in [0.1, 0.15) is 29.9 Å². The van der Waals surface area contributed by atoms with Gasteiger partial charge in [0.2, 0.25) is 0 Å². The first-order chi connectivity index (χ1) is 15.4. The number of piperidine rings is 1. The van der Waals surface area contributed by atoms with Crippen molar-refractivity contribution < 1.29 is 18.3 Å². The molecule has 1 fully saturated rings. The number of halogens is 3. The third-order valence-corrected chi connectivity index (χ3v) is 5.99. The average Bonchev–Trinajstić information content (AvgIpc) is 2.76. The van der Waals surface area contributed by atoms with Gasteiger partial charge in [-0.1, -0.05) is 15.9 Å². The molecular formula is C22H22BrF2N5O2. The van der Waals surface area contributed by atoms with Crippen molar-refractivity contribution in [2.45, 2.75) is 12.8 Å². The van der Waals surface area contributed by atoms with Crippen LogP contribution in [0, 0.1) is 17.6 Å². The number of nitrogen functional groups attached to an aromatic ring is 1. The number of hydrogen-bond acceptors (Lipinski definition) is 7. The number of nitrogens with zero attached hydrogens (tertiary/aromatic N) is 3. The predicted octanol–water partition coefficient (Wildman–Crippen LogP) is 4.29. The highest BCUT2D eigenvalue weighted by Crippen LogP contribution is 2.33. The summed E-state index contributed by atoms with van der Waals surface area (Å²) in [4.78, 5) is 21.1. The number of nitrogens with two attached hydrogens (primary N) is 1. The number of carbonyl (C=O) groups excluding carboxylic acids is 1. The second-order valence-corrected chi connectivity index (χ2v) is 8.64. The Balaban J connectivity index is 1.51. The summed E-state index contributed by atoms with van der Waals surface area (Å²) < 4.78 is 34.8. The summed E-state index contributed by atoms with van der Waals surface area (Å²) in [5.74, 6) is -0.403. The SMILES string of the molecule is Nc1cc2c(Nc3c(F)cc(Br)cc3F)ncnc2cc1OCC1CCN(CC=O)CC1. The van der Waals surface area contributed by atoms with E-state index in [-0.39, 0.29) is 11.5 Å². The lowest BCUT2D eigenvalue weighted by Crippen LogP contribution is -2.36. The number of benzene rings is 2. The lowest BCUT2D eigenvalue weighted by Gasteiger charge is -2.30. The normalized spacial score (nSPS) is 15.1. The van der Waals surface area contributed by atoms with Crippen LogP contribution >= 0.6 is 15.9 Å². The fourth-order valence-electron chi connectivity index (χ4n) is 3.75. The molecule has 1 saturated heterocycles. The number of likely N-dealkylation sites (tertiary alicyclic amines) is 1. The molecule has 3 N–H and O–H groups in total. The number of aromatic nitrogens is 2. The van der Waals surface area contributed by atoms with E-state index < -0.39 is 11.6 Å². The number of carbonyl (C=O) groups is 1. The smallest absolute Gasteiger partial charge is 0.150 e. The highest BCUT2D eigenvalue weighted by atomic mass is 79.9. The highest BCUT2D eigenvalue weighted by molar-refractivity contribution is 9.10. The molecule has 0 spiro atoms. The molecule has 3 aromatic rings. The van der Waals surface area contributed by atoms with E-state index in [4.69, 9.17) is 10.5 Å². The maximum atomic E-state index is 14.2. The maximum Gasteiger partial charge on any atom is 0.150 e. The zero-order chi connectivity index (χ0) is 22.7. The molecule has 2 aromatic carbocycles. The third-order valence-electron chi connectivity index (χ3n) is 5.53. The summed E-state index contributed by atoms with van der Waals surface area (Å²) in [7, 11) is 0. The van der Waals surface area contributed by atoms with Gasteiger partial charge in [-0.25, -0.2) is 18.7 Å². The van der Waals surface area contributed by atoms with Crippen LogP contribution in [0.2, 0.25) is 0 Å². The van der Waals surface area contributed by atoms with Crippen LogP contribution < -0.4 is 15.8 Å². The Morgan fingerprint density at radius 3 is 2.59 bits per heavy atom. The van der Waals surface area contributed by atoms with E-state index in [0.717, 1.165) is 32.2 Å². The molecule has 32 heavy (non-hydrogen) atoms. The largest absolute Gasteiger partial charge is 0.491 e. The lowest BCUT2D eigenvalue weighted by atomic mass is 9.98. The van der Waals surface area contributed by atoms with Crippen molar-refractivity contribution >= 4 is 50.3 Å². The van der Waals surface area contributed by atoms with Gasteiger partial charge in [0.05, 0.1) is 24.4 Å². The maximum absolute atomic E-state index is 14.2. The zero-order valence-electron chi connectivity index (χ0n) is 17.2. The van der Waals surface area contributed by atoms with Gasteiger partial charge < -0.3 is 20.6 Å². The molecule has 168 valence electrons. The average molecular weight is 506 g/mol. The minimum Gasteiger partial charge on any atom is -0.491 e. The molecule has 0 radical (unpaired) electrons. The Kier molecular flexibility index (Phi) is 6.80. The summed E-state index contributed by atoms with van der Waals surface area (Å²) in [6.45, 7) is 2.71. The van der Waals surface area contributed by atoms with Crippen molar-refractivity contribution in [3.05, 3.63) is 46.7 Å². The number of fused-ring (bicyclic) bond motifs is 1. The first-order valence-electron chi connectivity index (χ1n) is 10.2. The molecule has 1 aliphatic rings. The predicted molar refractivity (Wildman–Crippen MR) is 122 cm³/mol. The van der Waals surface area contributed by atoms with Crippen LogP contribution in [0.1, 0.15) is 12.8 Å². The summed E-state index contributed by atoms with van der Waals surface area (Å²) >= 11 is 3.06. The Morgan fingerprint density at radius 1 is 1.19 bits per heavy atom. The Bertz CT molecular complexity index is 1120. The molecule has 0 atom stereocenters. The molecule has 1 aliphatic heterocycles. The highest BCUT2D eigenvalue weighted by Gasteiger charge is 2.20. The van der Waals surface area contributed by atoms with E-state index in [1.54, 1.807) is 12.1 Å². The lowest BCUT2D eigenvalue weighted by molar-refractivity contribution is -0.109. The standard InChI is InChI=1S/C22H22BrF2N5O2/c23-14-7-16(24)21(17(25)8-14)29-22-15-9-18(26)20(10-19(15)27-12-28-22)32-11-13-1-3-30(4-2-13)5-6-31/h6-10,12-13H,1-5,11,26H2,(H,27,28,29). The quantitative estimate of drug-likeness (QED) is 0.365. The van der Waals surface area contributed by atoms with Gasteiger partial charge >= 0.3 is 0 Å². The van der Waals surface area contributed by atoms with Crippen LogP contribution in [0.15, 0.2) is 35.1 Å². The molecule has 10 heteroatoms. The van der Waals surface area contributed by atoms with Crippen LogP contribution in [0.25, 0.3) is 10.9 Å². The van der Waals surface area contributed by atoms with Crippen molar-refractivity contribution in [1.29, 1.82) is 0 Å². The van der Waals surface area contributed by atoms with Crippen LogP contribution in [-0.2, 0) is 4.79 Å². The van der Waals surface area contributed by atoms with E-state index >= 15 is 0 Å². The van der Waals surface area contributed by atoms with Gasteiger partial charge in [-0.2, -0.15) is 0 Å². The number of anilines is 3. The molecule has 4 rings (SSSR count). The summed E-state index contributed by atoms with van der Waals surface area (Å²) in [5, 5.41) is 3.22. The minimum absolute atomic E-state index is 0.232. The van der Waals surface area contributed by atoms with Crippen molar-refractivity contribution in [1.82, 2.24) is 14.9 Å². The van der Waals surface area contributed by atoms with Crippen LogP contribution in [-0.4, -0.2) is 47.4 Å². The number of aldehydes is 1. The van der Waals surface area contributed by atoms with E-state index in [9.17, 15) is 13.6 Å². The molecule has 0 saturated carbocycles. The third kappa shape index (κ3) is 4.97. The number of rotatable bonds is 7. The Hall–Kier alpha value is -2.85. The summed E-state index contributed by atoms with van der Waals surface area (Å²) in [6.07, 6.45) is 4.13. The van der Waals surface area contributed by atoms with Crippen LogP contribution in [0.5, 0.6) is 5.75 Å². The zero-order valence-corrected chi connectivity index (χ0v) is 18.7. The summed E-state index contributed by atoms with van der Waals surface area (Å²) in [5.41, 5.74) is 6.80. The molecule has 2 heterocycles. The first-order valence-corrected chi connectivity index (χ1v) is 11.0. The minimum atomic E-state index is -0.754. The molecule has 0 unspecified atom stereocenters. The van der Waals surface area contributed by atoms with Crippen LogP contribution in [0.3, 0.4) is 0 Å². The van der Waals surface area contributed by atoms with Crippen molar-refractivity contribution in [2.24, 2.45) is 5.92 Å². The van der Waals surface area contributed by atoms with Crippen LogP contribution in [0.4, 0.5) is 26.0 Å². The Labute approximate surface area is 192 Å². The molecule has 0 aliphatic carbocycles. The van der Waals surface area contributed by atoms with Gasteiger partial charge in [-0.15, -0.1) is 0 Å². The number of nitrogens with one attached hydrogen (secondary N) is 1. The summed E-state index contributed by atoms with van der Waals surface area (Å²) in [6, 6.07) is 5.67. The van der Waals surface area contributed by atoms with Crippen molar-refractivity contribution in [3.63, 3.8) is 0 Å². The molecule has 0 bridgehead atoms. The van der Waals surface area contributed by atoms with E-state index in [1.807, 2.05) is 0 Å². The van der Waals surface area contributed by atoms with Gasteiger partial charge in [0.15, 0.2) is 11.6 Å². The van der Waals surface area contributed by atoms with Gasteiger partial charge in [-0.05, 0) is 50.0 Å². The van der Waals surface area contributed by atoms with Gasteiger partial charge in [-0.3, -0.25) is 4.90 Å². The molecular weight excluding hydrogens is 484 g/mol. The van der Waals surface area contributed by atoms with Crippen molar-refractivity contribution in [3.8, 4) is 5.75 Å². The number of hydrogen-bond donors (Lipinski definition) is 2. The monoisotopic (exact) mass is 505 g/mol. The van der Waals surface area contributed by atoms with E-state index in [0.29, 0.717) is 45.9 Å². The van der Waals surface area contributed by atoms with Gasteiger partial charge in [0, 0.05) is 15.9 Å². The number of ether oxygens (including phenoxy) is 1. The molecule has 0 amide bonds. The first kappa shape index (κ1) is 22.3. The Morgan fingerprint density at radius 2 is 1.91 bits per heavy atom. The second kappa shape index (κ2) is 9.74. The van der Waals surface area contributed by atoms with E-state index in [1.165, 1.54) is 18.5 Å². The molecule has 7 nitrogen and oxygen atoms in total. The van der Waals surface area contributed by atoms with Gasteiger partial charge in [0.25, 0.3) is 0 Å². The topological polar surface area (TPSA) is 93.4 Å². The van der Waals surface area contributed by atoms with Crippen molar-refractivity contribution in [2.75, 3.05) is 37.3 Å². The van der Waals surface area contributed by atoms with E-state index in [2.05, 4.69) is 36.1 Å². The fraction of sp³-hybridized carbons (Fsp3) is 0.318. The second-order valence-electron chi connectivity index (χ2n) is 7.72.